The van der Waals surface area contributed by atoms with E-state index in [0.29, 0.717) is 17.9 Å². The van der Waals surface area contributed by atoms with Crippen molar-refractivity contribution in [2.24, 2.45) is 17.3 Å². The summed E-state index contributed by atoms with van der Waals surface area (Å²) in [5.74, 6) is 1.82. The van der Waals surface area contributed by atoms with Crippen LogP contribution in [0.2, 0.25) is 0 Å². The summed E-state index contributed by atoms with van der Waals surface area (Å²) >= 11 is 0. The molecule has 2 aromatic rings. The average Bonchev–Trinajstić information content (AvgIpc) is 3.19. The Morgan fingerprint density at radius 1 is 1.24 bits per heavy atom. The SMILES string of the molecule is CC1(C)C2CC=C(CN3CCC(NC(=O)Cc4cccc5occc45)CC3)C1C2. The van der Waals surface area contributed by atoms with Crippen LogP contribution in [0.25, 0.3) is 11.0 Å². The van der Waals surface area contributed by atoms with Crippen LogP contribution < -0.4 is 5.32 Å². The Hall–Kier alpha value is -2.07. The van der Waals surface area contributed by atoms with Gasteiger partial charge in [0.2, 0.25) is 5.91 Å². The number of allylic oxidation sites excluding steroid dienone is 1. The van der Waals surface area contributed by atoms with Crippen molar-refractivity contribution in [3.05, 3.63) is 47.7 Å². The highest BCUT2D eigenvalue weighted by atomic mass is 16.3. The first-order valence-electron chi connectivity index (χ1n) is 11.2. The molecule has 2 fully saturated rings. The third-order valence-corrected chi connectivity index (χ3v) is 7.88. The summed E-state index contributed by atoms with van der Waals surface area (Å²) < 4.78 is 5.45. The number of amides is 1. The van der Waals surface area contributed by atoms with Crippen molar-refractivity contribution >= 4 is 16.9 Å². The van der Waals surface area contributed by atoms with Crippen molar-refractivity contribution in [2.75, 3.05) is 19.6 Å². The number of hydrogen-bond donors (Lipinski definition) is 1. The molecule has 1 aliphatic heterocycles. The van der Waals surface area contributed by atoms with E-state index < -0.39 is 0 Å². The molecule has 1 aromatic carbocycles. The Bertz CT molecular complexity index is 933. The molecule has 154 valence electrons. The molecule has 1 N–H and O–H groups in total. The Balaban J connectivity index is 1.11. The topological polar surface area (TPSA) is 45.5 Å². The fourth-order valence-electron chi connectivity index (χ4n) is 5.81. The normalized spacial score (nSPS) is 26.8. The molecule has 3 aliphatic carbocycles. The van der Waals surface area contributed by atoms with Crippen LogP contribution in [0.4, 0.5) is 0 Å². The van der Waals surface area contributed by atoms with E-state index in [-0.39, 0.29) is 5.91 Å². The molecule has 0 spiro atoms. The average molecular weight is 393 g/mol. The van der Waals surface area contributed by atoms with Gasteiger partial charge in [-0.2, -0.15) is 0 Å². The zero-order chi connectivity index (χ0) is 20.0. The lowest BCUT2D eigenvalue weighted by atomic mass is 9.49. The van der Waals surface area contributed by atoms with Gasteiger partial charge in [0.05, 0.1) is 12.7 Å². The standard InChI is InChI=1S/C25H32N2O2/c1-25(2)19-7-6-18(22(25)15-19)16-27-11-8-20(9-12-27)26-24(28)14-17-4-3-5-23-21(17)10-13-29-23/h3-6,10,13,19-20,22H,7-9,11-12,14-16H2,1-2H3,(H,26,28). The van der Waals surface area contributed by atoms with Crippen molar-refractivity contribution in [1.29, 1.82) is 0 Å². The highest BCUT2D eigenvalue weighted by Crippen LogP contribution is 2.59. The van der Waals surface area contributed by atoms with Gasteiger partial charge in [-0.3, -0.25) is 9.69 Å². The minimum absolute atomic E-state index is 0.120. The van der Waals surface area contributed by atoms with E-state index in [1.807, 2.05) is 24.3 Å². The summed E-state index contributed by atoms with van der Waals surface area (Å²) in [6.07, 6.45) is 9.39. The Morgan fingerprint density at radius 3 is 2.83 bits per heavy atom. The van der Waals surface area contributed by atoms with Gasteiger partial charge >= 0.3 is 0 Å². The van der Waals surface area contributed by atoms with Crippen LogP contribution in [0.15, 0.2) is 46.6 Å². The number of carbonyl (C=O) groups excluding carboxylic acids is 1. The minimum atomic E-state index is 0.120. The highest BCUT2D eigenvalue weighted by Gasteiger charge is 2.51. The summed E-state index contributed by atoms with van der Waals surface area (Å²) in [5.41, 5.74) is 4.07. The number of benzene rings is 1. The van der Waals surface area contributed by atoms with E-state index in [2.05, 4.69) is 30.1 Å². The molecule has 29 heavy (non-hydrogen) atoms. The molecule has 2 atom stereocenters. The molecule has 4 aliphatic rings. The number of fused-ring (bicyclic) bond motifs is 2. The minimum Gasteiger partial charge on any atom is -0.464 e. The van der Waals surface area contributed by atoms with E-state index in [4.69, 9.17) is 4.42 Å². The maximum atomic E-state index is 12.6. The van der Waals surface area contributed by atoms with Crippen molar-refractivity contribution in [3.63, 3.8) is 0 Å². The molecule has 2 unspecified atom stereocenters. The summed E-state index contributed by atoms with van der Waals surface area (Å²) in [7, 11) is 0. The first-order chi connectivity index (χ1) is 14.0. The lowest BCUT2D eigenvalue weighted by Crippen LogP contribution is -2.51. The number of nitrogens with zero attached hydrogens (tertiary/aromatic N) is 1. The van der Waals surface area contributed by atoms with Crippen LogP contribution in [0.3, 0.4) is 0 Å². The molecular formula is C25H32N2O2. The van der Waals surface area contributed by atoms with Gasteiger partial charge in [-0.15, -0.1) is 0 Å². The van der Waals surface area contributed by atoms with Gasteiger partial charge in [0.1, 0.15) is 5.58 Å². The number of nitrogens with one attached hydrogen (secondary N) is 1. The van der Waals surface area contributed by atoms with Crippen LogP contribution in [-0.2, 0) is 11.2 Å². The van der Waals surface area contributed by atoms with Gasteiger partial charge < -0.3 is 9.73 Å². The Labute approximate surface area is 173 Å². The van der Waals surface area contributed by atoms with E-state index in [0.717, 1.165) is 60.8 Å². The second-order valence-electron chi connectivity index (χ2n) is 9.87. The van der Waals surface area contributed by atoms with Gasteiger partial charge in [0.25, 0.3) is 0 Å². The molecule has 4 heteroatoms. The molecule has 1 amide bonds. The number of likely N-dealkylation sites (tertiary alicyclic amines) is 1. The van der Waals surface area contributed by atoms with Crippen molar-refractivity contribution in [1.82, 2.24) is 10.2 Å². The van der Waals surface area contributed by atoms with E-state index in [1.165, 1.54) is 12.8 Å². The maximum Gasteiger partial charge on any atom is 0.224 e. The third-order valence-electron chi connectivity index (χ3n) is 7.88. The predicted octanol–water partition coefficient (Wildman–Crippen LogP) is 4.55. The number of carbonyl (C=O) groups is 1. The number of hydrogen-bond acceptors (Lipinski definition) is 3. The van der Waals surface area contributed by atoms with E-state index in [1.54, 1.807) is 11.8 Å². The van der Waals surface area contributed by atoms with Crippen LogP contribution in [-0.4, -0.2) is 36.5 Å². The molecule has 0 radical (unpaired) electrons. The monoisotopic (exact) mass is 392 g/mol. The maximum absolute atomic E-state index is 12.6. The highest BCUT2D eigenvalue weighted by molar-refractivity contribution is 5.87. The lowest BCUT2D eigenvalue weighted by molar-refractivity contribution is -0.121. The molecule has 1 saturated carbocycles. The van der Waals surface area contributed by atoms with Crippen LogP contribution in [0.1, 0.15) is 45.1 Å². The van der Waals surface area contributed by atoms with Gasteiger partial charge in [0, 0.05) is 31.1 Å². The van der Waals surface area contributed by atoms with E-state index in [9.17, 15) is 4.79 Å². The molecule has 1 aromatic heterocycles. The Kier molecular flexibility index (Phi) is 4.78. The predicted molar refractivity (Wildman–Crippen MR) is 116 cm³/mol. The van der Waals surface area contributed by atoms with Crippen LogP contribution >= 0.6 is 0 Å². The molecule has 1 saturated heterocycles. The number of furan rings is 1. The summed E-state index contributed by atoms with van der Waals surface area (Å²) in [5, 5.41) is 4.31. The van der Waals surface area contributed by atoms with Crippen molar-refractivity contribution in [2.45, 2.75) is 52.0 Å². The number of piperidine rings is 1. The van der Waals surface area contributed by atoms with Crippen LogP contribution in [0.5, 0.6) is 0 Å². The first kappa shape index (κ1) is 18.9. The Morgan fingerprint density at radius 2 is 2.07 bits per heavy atom. The second-order valence-corrected chi connectivity index (χ2v) is 9.87. The zero-order valence-electron chi connectivity index (χ0n) is 17.6. The molecule has 2 heterocycles. The first-order valence-corrected chi connectivity index (χ1v) is 11.2. The zero-order valence-corrected chi connectivity index (χ0v) is 17.6. The van der Waals surface area contributed by atoms with Crippen LogP contribution in [0, 0.1) is 17.3 Å². The van der Waals surface area contributed by atoms with E-state index >= 15 is 0 Å². The molecule has 4 nitrogen and oxygen atoms in total. The van der Waals surface area contributed by atoms with Crippen molar-refractivity contribution < 1.29 is 9.21 Å². The lowest BCUT2D eigenvalue weighted by Gasteiger charge is -2.57. The molecule has 6 rings (SSSR count). The van der Waals surface area contributed by atoms with Gasteiger partial charge in [-0.25, -0.2) is 0 Å². The van der Waals surface area contributed by atoms with Gasteiger partial charge in [0.15, 0.2) is 0 Å². The summed E-state index contributed by atoms with van der Waals surface area (Å²) in [4.78, 5) is 15.2. The largest absolute Gasteiger partial charge is 0.464 e. The van der Waals surface area contributed by atoms with Gasteiger partial charge in [-0.1, -0.05) is 37.6 Å². The molecular weight excluding hydrogens is 360 g/mol. The smallest absolute Gasteiger partial charge is 0.224 e. The van der Waals surface area contributed by atoms with Crippen molar-refractivity contribution in [3.8, 4) is 0 Å². The number of rotatable bonds is 5. The quantitative estimate of drug-likeness (QED) is 0.760. The third kappa shape index (κ3) is 3.52. The summed E-state index contributed by atoms with van der Waals surface area (Å²) in [6.45, 7) is 8.19. The fraction of sp³-hybridized carbons (Fsp3) is 0.560. The van der Waals surface area contributed by atoms with Gasteiger partial charge in [-0.05, 0) is 60.6 Å². The molecule has 2 bridgehead atoms. The summed E-state index contributed by atoms with van der Waals surface area (Å²) in [6, 6.07) is 8.16. The second kappa shape index (κ2) is 7.32. The fourth-order valence-corrected chi connectivity index (χ4v) is 5.81.